The number of rotatable bonds is 7. The first-order valence-electron chi connectivity index (χ1n) is 7.72. The molecular formula is C15H28N4. The minimum atomic E-state index is 0.887. The monoisotopic (exact) mass is 264 g/mol. The Morgan fingerprint density at radius 3 is 2.89 bits per heavy atom. The van der Waals surface area contributed by atoms with Gasteiger partial charge in [0.2, 0.25) is 0 Å². The van der Waals surface area contributed by atoms with E-state index < -0.39 is 0 Å². The maximum absolute atomic E-state index is 4.37. The zero-order chi connectivity index (χ0) is 13.5. The van der Waals surface area contributed by atoms with E-state index in [0.29, 0.717) is 0 Å². The quantitative estimate of drug-likeness (QED) is 0.766. The average Bonchev–Trinajstić information content (AvgIpc) is 2.88. The van der Waals surface area contributed by atoms with Gasteiger partial charge in [-0.15, -0.1) is 0 Å². The highest BCUT2D eigenvalue weighted by atomic mass is 15.1. The van der Waals surface area contributed by atoms with E-state index in [1.54, 1.807) is 0 Å². The first-order valence-corrected chi connectivity index (χ1v) is 7.72. The van der Waals surface area contributed by atoms with Crippen molar-refractivity contribution in [3.63, 3.8) is 0 Å². The molecule has 1 aromatic heterocycles. The number of aryl methyl sites for hydroxylation is 1. The van der Waals surface area contributed by atoms with Gasteiger partial charge in [-0.25, -0.2) is 4.98 Å². The average molecular weight is 264 g/mol. The summed E-state index contributed by atoms with van der Waals surface area (Å²) in [4.78, 5) is 6.98. The van der Waals surface area contributed by atoms with Crippen molar-refractivity contribution in [1.29, 1.82) is 0 Å². The molecule has 0 aliphatic carbocycles. The Hall–Kier alpha value is -0.870. The molecule has 1 N–H and O–H groups in total. The number of nitrogens with zero attached hydrogens (tertiary/aromatic N) is 3. The van der Waals surface area contributed by atoms with Crippen molar-refractivity contribution < 1.29 is 0 Å². The number of likely N-dealkylation sites (tertiary alicyclic amines) is 1. The first-order chi connectivity index (χ1) is 9.29. The van der Waals surface area contributed by atoms with Crippen molar-refractivity contribution >= 4 is 0 Å². The fraction of sp³-hybridized carbons (Fsp3) is 0.800. The zero-order valence-corrected chi connectivity index (χ0v) is 12.4. The van der Waals surface area contributed by atoms with Gasteiger partial charge in [0.15, 0.2) is 0 Å². The molecule has 1 fully saturated rings. The predicted molar refractivity (Wildman–Crippen MR) is 79.1 cm³/mol. The van der Waals surface area contributed by atoms with Crippen LogP contribution in [0.4, 0.5) is 0 Å². The van der Waals surface area contributed by atoms with Crippen LogP contribution in [-0.4, -0.2) is 40.6 Å². The Balaban J connectivity index is 1.55. The standard InChI is InChI=1S/C15H28N4/c1-3-19-12-8-17-15(19)13-16-7-4-9-18-10-5-14(2)6-11-18/h8,12,14,16H,3-7,9-11,13H2,1-2H3. The predicted octanol–water partition coefficient (Wildman–Crippen LogP) is 2.11. The molecule has 4 nitrogen and oxygen atoms in total. The van der Waals surface area contributed by atoms with E-state index in [4.69, 9.17) is 0 Å². The van der Waals surface area contributed by atoms with Gasteiger partial charge in [-0.05, 0) is 58.3 Å². The molecule has 108 valence electrons. The van der Waals surface area contributed by atoms with Crippen LogP contribution < -0.4 is 5.32 Å². The molecule has 0 spiro atoms. The van der Waals surface area contributed by atoms with E-state index in [0.717, 1.165) is 31.4 Å². The molecule has 1 aliphatic rings. The van der Waals surface area contributed by atoms with Crippen LogP contribution >= 0.6 is 0 Å². The fourth-order valence-corrected chi connectivity index (χ4v) is 2.71. The summed E-state index contributed by atoms with van der Waals surface area (Å²) in [5.74, 6) is 2.08. The molecule has 1 aromatic rings. The molecule has 4 heteroatoms. The van der Waals surface area contributed by atoms with Gasteiger partial charge in [0.25, 0.3) is 0 Å². The van der Waals surface area contributed by atoms with Crippen molar-refractivity contribution in [3.05, 3.63) is 18.2 Å². The van der Waals surface area contributed by atoms with Gasteiger partial charge in [-0.3, -0.25) is 0 Å². The van der Waals surface area contributed by atoms with Gasteiger partial charge in [0, 0.05) is 18.9 Å². The Bertz CT molecular complexity index is 353. The summed E-state index contributed by atoms with van der Waals surface area (Å²) >= 11 is 0. The van der Waals surface area contributed by atoms with E-state index in [1.807, 2.05) is 12.4 Å². The van der Waals surface area contributed by atoms with Crippen molar-refractivity contribution in [1.82, 2.24) is 19.8 Å². The van der Waals surface area contributed by atoms with Crippen LogP contribution in [0.3, 0.4) is 0 Å². The third-order valence-corrected chi connectivity index (χ3v) is 4.13. The maximum atomic E-state index is 4.37. The molecule has 1 saturated heterocycles. The van der Waals surface area contributed by atoms with E-state index in [-0.39, 0.29) is 0 Å². The zero-order valence-electron chi connectivity index (χ0n) is 12.4. The summed E-state index contributed by atoms with van der Waals surface area (Å²) in [5, 5.41) is 3.50. The summed E-state index contributed by atoms with van der Waals surface area (Å²) in [6.07, 6.45) is 7.92. The lowest BCUT2D eigenvalue weighted by molar-refractivity contribution is 0.190. The number of imidazole rings is 1. The molecule has 0 atom stereocenters. The molecular weight excluding hydrogens is 236 g/mol. The Morgan fingerprint density at radius 1 is 1.37 bits per heavy atom. The van der Waals surface area contributed by atoms with Crippen LogP contribution in [0.2, 0.25) is 0 Å². The van der Waals surface area contributed by atoms with Crippen LogP contribution in [0.25, 0.3) is 0 Å². The maximum Gasteiger partial charge on any atom is 0.122 e. The molecule has 0 radical (unpaired) electrons. The second-order valence-corrected chi connectivity index (χ2v) is 5.68. The third-order valence-electron chi connectivity index (χ3n) is 4.13. The smallest absolute Gasteiger partial charge is 0.122 e. The van der Waals surface area contributed by atoms with Gasteiger partial charge in [0.1, 0.15) is 5.82 Å². The van der Waals surface area contributed by atoms with Crippen molar-refractivity contribution in [3.8, 4) is 0 Å². The minimum absolute atomic E-state index is 0.887. The Labute approximate surface area is 117 Å². The molecule has 2 heterocycles. The third kappa shape index (κ3) is 4.62. The highest BCUT2D eigenvalue weighted by molar-refractivity contribution is 4.91. The highest BCUT2D eigenvalue weighted by Crippen LogP contribution is 2.15. The second-order valence-electron chi connectivity index (χ2n) is 5.68. The molecule has 0 unspecified atom stereocenters. The summed E-state index contributed by atoms with van der Waals surface area (Å²) in [5.41, 5.74) is 0. The van der Waals surface area contributed by atoms with Gasteiger partial charge in [-0.1, -0.05) is 6.92 Å². The number of hydrogen-bond acceptors (Lipinski definition) is 3. The Kier molecular flexibility index (Phi) is 5.86. The summed E-state index contributed by atoms with van der Waals surface area (Å²) < 4.78 is 2.19. The topological polar surface area (TPSA) is 33.1 Å². The second kappa shape index (κ2) is 7.65. The molecule has 1 aliphatic heterocycles. The van der Waals surface area contributed by atoms with Crippen LogP contribution in [0.15, 0.2) is 12.4 Å². The fourth-order valence-electron chi connectivity index (χ4n) is 2.71. The summed E-state index contributed by atoms with van der Waals surface area (Å²) in [7, 11) is 0. The number of nitrogens with one attached hydrogen (secondary N) is 1. The summed E-state index contributed by atoms with van der Waals surface area (Å²) in [6.45, 7) is 11.3. The first kappa shape index (κ1) is 14.5. The lowest BCUT2D eigenvalue weighted by atomic mass is 9.99. The van der Waals surface area contributed by atoms with Crippen molar-refractivity contribution in [2.45, 2.75) is 46.2 Å². The molecule has 0 amide bonds. The van der Waals surface area contributed by atoms with Gasteiger partial charge >= 0.3 is 0 Å². The van der Waals surface area contributed by atoms with Gasteiger partial charge in [-0.2, -0.15) is 0 Å². The van der Waals surface area contributed by atoms with Crippen molar-refractivity contribution in [2.24, 2.45) is 5.92 Å². The normalized spacial score (nSPS) is 18.0. The minimum Gasteiger partial charge on any atom is -0.334 e. The van der Waals surface area contributed by atoms with Crippen LogP contribution in [0.5, 0.6) is 0 Å². The molecule has 0 bridgehead atoms. The van der Waals surface area contributed by atoms with Gasteiger partial charge < -0.3 is 14.8 Å². The van der Waals surface area contributed by atoms with E-state index >= 15 is 0 Å². The largest absolute Gasteiger partial charge is 0.334 e. The highest BCUT2D eigenvalue weighted by Gasteiger charge is 2.14. The number of hydrogen-bond donors (Lipinski definition) is 1. The van der Waals surface area contributed by atoms with Crippen LogP contribution in [0.1, 0.15) is 38.9 Å². The molecule has 0 aromatic carbocycles. The number of piperidine rings is 1. The Morgan fingerprint density at radius 2 is 2.16 bits per heavy atom. The lowest BCUT2D eigenvalue weighted by Gasteiger charge is -2.30. The van der Waals surface area contributed by atoms with Crippen LogP contribution in [0, 0.1) is 5.92 Å². The SMILES string of the molecule is CCn1ccnc1CNCCCN1CCC(C)CC1. The van der Waals surface area contributed by atoms with E-state index in [9.17, 15) is 0 Å². The lowest BCUT2D eigenvalue weighted by Crippen LogP contribution is -2.34. The van der Waals surface area contributed by atoms with E-state index in [1.165, 1.54) is 38.9 Å². The van der Waals surface area contributed by atoms with E-state index in [2.05, 4.69) is 33.6 Å². The molecule has 2 rings (SSSR count). The summed E-state index contributed by atoms with van der Waals surface area (Å²) in [6, 6.07) is 0. The van der Waals surface area contributed by atoms with Gasteiger partial charge in [0.05, 0.1) is 6.54 Å². The van der Waals surface area contributed by atoms with Crippen molar-refractivity contribution in [2.75, 3.05) is 26.2 Å². The number of aromatic nitrogens is 2. The van der Waals surface area contributed by atoms with Crippen LogP contribution in [-0.2, 0) is 13.1 Å². The molecule has 19 heavy (non-hydrogen) atoms. The molecule has 0 saturated carbocycles.